The molecule has 0 unspecified atom stereocenters. The predicted molar refractivity (Wildman–Crippen MR) is 87.9 cm³/mol. The van der Waals surface area contributed by atoms with Crippen LogP contribution in [-0.2, 0) is 14.4 Å². The Morgan fingerprint density at radius 1 is 1.33 bits per heavy atom. The van der Waals surface area contributed by atoms with Crippen molar-refractivity contribution in [2.24, 2.45) is 17.6 Å². The number of nitrogens with one attached hydrogen (secondary N) is 1. The van der Waals surface area contributed by atoms with E-state index in [1.165, 1.54) is 6.92 Å². The first kappa shape index (κ1) is 16.2. The van der Waals surface area contributed by atoms with Crippen LogP contribution in [0.15, 0.2) is 24.3 Å². The molecule has 24 heavy (non-hydrogen) atoms. The first-order valence-corrected chi connectivity index (χ1v) is 7.95. The number of benzene rings is 1. The summed E-state index contributed by atoms with van der Waals surface area (Å²) in [5, 5.41) is 8.84. The van der Waals surface area contributed by atoms with Crippen molar-refractivity contribution in [1.29, 1.82) is 0 Å². The number of rotatable bonds is 6. The Hall–Kier alpha value is -2.70. The number of anilines is 1. The van der Waals surface area contributed by atoms with Crippen molar-refractivity contribution in [2.45, 2.75) is 19.4 Å². The van der Waals surface area contributed by atoms with Crippen LogP contribution < -0.4 is 16.5 Å². The third kappa shape index (κ3) is 2.89. The van der Waals surface area contributed by atoms with E-state index in [0.29, 0.717) is 23.7 Å². The zero-order valence-corrected chi connectivity index (χ0v) is 13.5. The van der Waals surface area contributed by atoms with Crippen molar-refractivity contribution in [3.8, 4) is 0 Å². The minimum atomic E-state index is -0.492. The summed E-state index contributed by atoms with van der Waals surface area (Å²) in [7, 11) is 0. The molecule has 3 rings (SSSR count). The largest absolute Gasteiger partial charge is 0.375 e. The van der Waals surface area contributed by atoms with Gasteiger partial charge in [0.05, 0.1) is 12.1 Å². The number of primary amides is 1. The molecule has 0 spiro atoms. The first-order valence-electron chi connectivity index (χ1n) is 7.95. The van der Waals surface area contributed by atoms with E-state index in [0.717, 1.165) is 6.42 Å². The molecule has 2 aliphatic rings. The maximum absolute atomic E-state index is 12.5. The number of hydrogen-bond donors (Lipinski definition) is 3. The van der Waals surface area contributed by atoms with Gasteiger partial charge in [-0.15, -0.1) is 0 Å². The van der Waals surface area contributed by atoms with Crippen molar-refractivity contribution < 1.29 is 19.8 Å². The lowest BCUT2D eigenvalue weighted by Gasteiger charge is -2.25. The molecule has 7 heteroatoms. The SMILES string of the molecule is CC(=O)C(=[NH2+])c1ccccc1NCC(=O)N1C[C@H]2C[C@H]2[C@H]1C(N)=O. The zero-order chi connectivity index (χ0) is 17.4. The molecule has 3 atom stereocenters. The Labute approximate surface area is 139 Å². The second-order valence-electron chi connectivity index (χ2n) is 6.42. The molecule has 1 aromatic rings. The zero-order valence-electron chi connectivity index (χ0n) is 13.5. The van der Waals surface area contributed by atoms with Crippen LogP contribution in [0.4, 0.5) is 5.69 Å². The number of carbonyl (C=O) groups excluding carboxylic acids is 3. The monoisotopic (exact) mass is 329 g/mol. The number of nitrogens with two attached hydrogens (primary N) is 2. The van der Waals surface area contributed by atoms with E-state index in [4.69, 9.17) is 11.1 Å². The topological polar surface area (TPSA) is 118 Å². The van der Waals surface area contributed by atoms with Crippen LogP contribution in [0.25, 0.3) is 0 Å². The second-order valence-corrected chi connectivity index (χ2v) is 6.42. The van der Waals surface area contributed by atoms with Gasteiger partial charge in [0.2, 0.25) is 23.3 Å². The van der Waals surface area contributed by atoms with E-state index in [1.54, 1.807) is 29.2 Å². The van der Waals surface area contributed by atoms with Crippen molar-refractivity contribution >= 4 is 29.0 Å². The van der Waals surface area contributed by atoms with Crippen LogP contribution in [0.5, 0.6) is 0 Å². The van der Waals surface area contributed by atoms with Gasteiger partial charge in [-0.05, 0) is 30.4 Å². The van der Waals surface area contributed by atoms with Crippen molar-refractivity contribution in [3.05, 3.63) is 29.8 Å². The third-order valence-electron chi connectivity index (χ3n) is 4.79. The van der Waals surface area contributed by atoms with Gasteiger partial charge in [-0.3, -0.25) is 19.8 Å². The summed E-state index contributed by atoms with van der Waals surface area (Å²) in [6.07, 6.45) is 0.970. The van der Waals surface area contributed by atoms with E-state index in [-0.39, 0.29) is 29.9 Å². The number of para-hydroxylation sites is 1. The normalized spacial score (nSPS) is 24.2. The molecule has 1 aliphatic heterocycles. The van der Waals surface area contributed by atoms with Gasteiger partial charge in [0.1, 0.15) is 6.04 Å². The van der Waals surface area contributed by atoms with Gasteiger partial charge in [0.15, 0.2) is 0 Å². The number of likely N-dealkylation sites (tertiary alicyclic amines) is 1. The number of nitrogens with zero attached hydrogens (tertiary/aromatic N) is 1. The van der Waals surface area contributed by atoms with Crippen LogP contribution in [-0.4, -0.2) is 47.3 Å². The van der Waals surface area contributed by atoms with E-state index < -0.39 is 11.9 Å². The molecule has 2 fully saturated rings. The number of amides is 2. The van der Waals surface area contributed by atoms with Crippen LogP contribution in [0.2, 0.25) is 0 Å². The van der Waals surface area contributed by atoms with Crippen molar-refractivity contribution in [1.82, 2.24) is 4.90 Å². The summed E-state index contributed by atoms with van der Waals surface area (Å²) in [6, 6.07) is 6.55. The Morgan fingerprint density at radius 3 is 2.71 bits per heavy atom. The molecule has 1 saturated carbocycles. The van der Waals surface area contributed by atoms with E-state index in [1.807, 2.05) is 0 Å². The predicted octanol–water partition coefficient (Wildman–Crippen LogP) is -1.43. The summed E-state index contributed by atoms with van der Waals surface area (Å²) in [4.78, 5) is 37.1. The molecule has 0 bridgehead atoms. The summed E-state index contributed by atoms with van der Waals surface area (Å²) >= 11 is 0. The molecular weight excluding hydrogens is 308 g/mol. The van der Waals surface area contributed by atoms with E-state index in [2.05, 4.69) is 5.32 Å². The van der Waals surface area contributed by atoms with Gasteiger partial charge in [-0.25, -0.2) is 0 Å². The fraction of sp³-hybridized carbons (Fsp3) is 0.412. The van der Waals surface area contributed by atoms with Gasteiger partial charge in [0.25, 0.3) is 0 Å². The average Bonchev–Trinajstić information content (AvgIpc) is 3.21. The standard InChI is InChI=1S/C17H20N4O3/c1-9(22)15(18)11-4-2-3-5-13(11)20-7-14(23)21-8-10-6-12(10)16(21)17(19)24/h2-5,10,12,16,18,20H,6-8H2,1H3,(H2,19,24)/p+1/t10-,12-,16+/m1/s1. The average molecular weight is 329 g/mol. The summed E-state index contributed by atoms with van der Waals surface area (Å²) in [6.45, 7) is 2.00. The fourth-order valence-electron chi connectivity index (χ4n) is 3.42. The summed E-state index contributed by atoms with van der Waals surface area (Å²) in [5.74, 6) is -0.227. The van der Waals surface area contributed by atoms with E-state index >= 15 is 0 Å². The highest BCUT2D eigenvalue weighted by atomic mass is 16.2. The molecule has 1 saturated heterocycles. The lowest BCUT2D eigenvalue weighted by molar-refractivity contribution is -0.137. The quantitative estimate of drug-likeness (QED) is 0.554. The van der Waals surface area contributed by atoms with Gasteiger partial charge in [-0.2, -0.15) is 0 Å². The van der Waals surface area contributed by atoms with Gasteiger partial charge in [0, 0.05) is 19.2 Å². The number of fused-ring (bicyclic) bond motifs is 1. The van der Waals surface area contributed by atoms with Crippen LogP contribution >= 0.6 is 0 Å². The fourth-order valence-corrected chi connectivity index (χ4v) is 3.42. The number of piperidine rings is 1. The molecule has 1 heterocycles. The van der Waals surface area contributed by atoms with Crippen molar-refractivity contribution in [3.63, 3.8) is 0 Å². The Kier molecular flexibility index (Phi) is 4.09. The lowest BCUT2D eigenvalue weighted by Crippen LogP contribution is -2.48. The number of carbonyl (C=O) groups is 3. The summed E-state index contributed by atoms with van der Waals surface area (Å²) in [5.41, 5.74) is 6.75. The molecular formula is C17H21N4O3+. The highest BCUT2D eigenvalue weighted by molar-refractivity contribution is 6.43. The Balaban J connectivity index is 1.68. The van der Waals surface area contributed by atoms with Crippen LogP contribution in [0, 0.1) is 11.8 Å². The highest BCUT2D eigenvalue weighted by Crippen LogP contribution is 2.49. The Morgan fingerprint density at radius 2 is 2.04 bits per heavy atom. The molecule has 0 aromatic heterocycles. The maximum Gasteiger partial charge on any atom is 0.249 e. The van der Waals surface area contributed by atoms with Crippen LogP contribution in [0.3, 0.4) is 0 Å². The smallest absolute Gasteiger partial charge is 0.249 e. The minimum absolute atomic E-state index is 0.0193. The van der Waals surface area contributed by atoms with Gasteiger partial charge < -0.3 is 16.0 Å². The number of Topliss-reactive ketones (excluding diaryl/α,β-unsaturated/α-hetero) is 1. The Bertz CT molecular complexity index is 730. The molecule has 0 radical (unpaired) electrons. The molecule has 7 nitrogen and oxygen atoms in total. The number of hydrogen-bond acceptors (Lipinski definition) is 4. The second kappa shape index (κ2) is 6.07. The van der Waals surface area contributed by atoms with Gasteiger partial charge >= 0.3 is 0 Å². The molecule has 126 valence electrons. The summed E-state index contributed by atoms with van der Waals surface area (Å²) < 4.78 is 0. The molecule has 1 aliphatic carbocycles. The molecule has 2 amide bonds. The number of ketones is 1. The minimum Gasteiger partial charge on any atom is -0.375 e. The van der Waals surface area contributed by atoms with E-state index in [9.17, 15) is 14.4 Å². The third-order valence-corrected chi connectivity index (χ3v) is 4.79. The van der Waals surface area contributed by atoms with Gasteiger partial charge in [-0.1, -0.05) is 12.1 Å². The molecule has 5 N–H and O–H groups in total. The highest BCUT2D eigenvalue weighted by Gasteiger charge is 2.56. The first-order chi connectivity index (χ1) is 11.4. The maximum atomic E-state index is 12.5. The molecule has 1 aromatic carbocycles. The lowest BCUT2D eigenvalue weighted by atomic mass is 10.1. The van der Waals surface area contributed by atoms with Crippen molar-refractivity contribution in [2.75, 3.05) is 18.4 Å². The van der Waals surface area contributed by atoms with Crippen LogP contribution in [0.1, 0.15) is 18.9 Å².